The number of nitrogens with zero attached hydrogens (tertiary/aromatic N) is 2. The van der Waals surface area contributed by atoms with Gasteiger partial charge in [0.2, 0.25) is 5.91 Å². The zero-order chi connectivity index (χ0) is 26.6. The summed E-state index contributed by atoms with van der Waals surface area (Å²) in [6.07, 6.45) is 2.42. The van der Waals surface area contributed by atoms with Gasteiger partial charge in [0.05, 0.1) is 24.4 Å². The predicted molar refractivity (Wildman–Crippen MR) is 136 cm³/mol. The number of rotatable bonds is 9. The molecule has 0 aliphatic carbocycles. The molecule has 2 unspecified atom stereocenters. The fourth-order valence-corrected chi connectivity index (χ4v) is 4.40. The van der Waals surface area contributed by atoms with Crippen LogP contribution in [0.5, 0.6) is 0 Å². The molecule has 1 aromatic carbocycles. The molecular formula is C28H32FN3O4. The van der Waals surface area contributed by atoms with Crippen molar-refractivity contribution < 1.29 is 19.1 Å². The number of carbonyl (C=O) groups excluding carboxylic acids is 1. The number of nitrogens with one attached hydrogen (secondary N) is 1. The lowest BCUT2D eigenvalue weighted by Crippen LogP contribution is -2.40. The van der Waals surface area contributed by atoms with Crippen LogP contribution in [0.1, 0.15) is 61.0 Å². The minimum Gasteiger partial charge on any atom is -0.481 e. The van der Waals surface area contributed by atoms with Gasteiger partial charge >= 0.3 is 5.97 Å². The summed E-state index contributed by atoms with van der Waals surface area (Å²) in [5, 5.41) is 12.3. The van der Waals surface area contributed by atoms with Crippen LogP contribution in [0.15, 0.2) is 53.6 Å². The Bertz CT molecular complexity index is 1310. The number of carbonyl (C=O) groups is 2. The van der Waals surface area contributed by atoms with Crippen molar-refractivity contribution >= 4 is 11.9 Å². The van der Waals surface area contributed by atoms with E-state index in [2.05, 4.69) is 10.3 Å². The molecule has 0 radical (unpaired) electrons. The lowest BCUT2D eigenvalue weighted by atomic mass is 9.95. The fourth-order valence-electron chi connectivity index (χ4n) is 4.40. The van der Waals surface area contributed by atoms with Crippen LogP contribution in [0.2, 0.25) is 0 Å². The van der Waals surface area contributed by atoms with Crippen molar-refractivity contribution in [1.82, 2.24) is 14.9 Å². The summed E-state index contributed by atoms with van der Waals surface area (Å²) in [5.41, 5.74) is 3.64. The van der Waals surface area contributed by atoms with Crippen molar-refractivity contribution in [1.29, 1.82) is 0 Å². The smallest absolute Gasteiger partial charge is 0.305 e. The van der Waals surface area contributed by atoms with Crippen LogP contribution in [0.25, 0.3) is 11.3 Å². The molecule has 190 valence electrons. The van der Waals surface area contributed by atoms with Crippen molar-refractivity contribution in [3.8, 4) is 11.3 Å². The van der Waals surface area contributed by atoms with E-state index in [0.29, 0.717) is 12.1 Å². The van der Waals surface area contributed by atoms with Gasteiger partial charge in [-0.15, -0.1) is 0 Å². The number of carboxylic acid groups (broad SMARTS) is 1. The number of benzene rings is 1. The second-order valence-corrected chi connectivity index (χ2v) is 9.61. The lowest BCUT2D eigenvalue weighted by Gasteiger charge is -2.25. The summed E-state index contributed by atoms with van der Waals surface area (Å²) >= 11 is 0. The lowest BCUT2D eigenvalue weighted by molar-refractivity contribution is -0.138. The number of aliphatic carboxylic acids is 1. The van der Waals surface area contributed by atoms with Gasteiger partial charge in [0.15, 0.2) is 0 Å². The highest BCUT2D eigenvalue weighted by Gasteiger charge is 2.28. The number of hydrogen-bond donors (Lipinski definition) is 2. The molecule has 2 atom stereocenters. The molecule has 0 aliphatic heterocycles. The number of hydrogen-bond acceptors (Lipinski definition) is 4. The summed E-state index contributed by atoms with van der Waals surface area (Å²) in [4.78, 5) is 42.0. The molecule has 2 heterocycles. The SMILES string of the molecule is Cc1ccn(C(CC(C)C)C(=O)NC(CC(=O)O)c2cc(-c3c(C)cccc3C)ncc2F)c(=O)c1. The molecule has 2 aromatic heterocycles. The molecular weight excluding hydrogens is 461 g/mol. The van der Waals surface area contributed by atoms with Crippen molar-refractivity contribution in [3.05, 3.63) is 87.2 Å². The molecule has 7 nitrogen and oxygen atoms in total. The molecule has 0 spiro atoms. The summed E-state index contributed by atoms with van der Waals surface area (Å²) in [6, 6.07) is 8.38. The van der Waals surface area contributed by atoms with E-state index in [1.165, 1.54) is 16.7 Å². The van der Waals surface area contributed by atoms with E-state index in [0.717, 1.165) is 28.5 Å². The molecule has 0 fully saturated rings. The zero-order valence-electron chi connectivity index (χ0n) is 21.2. The molecule has 0 saturated carbocycles. The van der Waals surface area contributed by atoms with E-state index >= 15 is 4.39 Å². The van der Waals surface area contributed by atoms with Crippen LogP contribution >= 0.6 is 0 Å². The minimum absolute atomic E-state index is 0.0259. The second-order valence-electron chi connectivity index (χ2n) is 9.61. The molecule has 36 heavy (non-hydrogen) atoms. The maximum atomic E-state index is 15.0. The third-order valence-corrected chi connectivity index (χ3v) is 6.13. The van der Waals surface area contributed by atoms with Crippen molar-refractivity contribution in [2.45, 2.75) is 59.5 Å². The van der Waals surface area contributed by atoms with Crippen LogP contribution in [0.3, 0.4) is 0 Å². The monoisotopic (exact) mass is 493 g/mol. The number of halogens is 1. The third-order valence-electron chi connectivity index (χ3n) is 6.13. The molecule has 1 amide bonds. The fraction of sp³-hybridized carbons (Fsp3) is 0.357. The molecule has 2 N–H and O–H groups in total. The average molecular weight is 494 g/mol. The van der Waals surface area contributed by atoms with Crippen LogP contribution < -0.4 is 10.9 Å². The number of carboxylic acids is 1. The topological polar surface area (TPSA) is 101 Å². The summed E-state index contributed by atoms with van der Waals surface area (Å²) < 4.78 is 16.4. The maximum Gasteiger partial charge on any atom is 0.305 e. The maximum absolute atomic E-state index is 15.0. The van der Waals surface area contributed by atoms with Crippen LogP contribution in [-0.4, -0.2) is 26.5 Å². The summed E-state index contributed by atoms with van der Waals surface area (Å²) in [6.45, 7) is 9.46. The van der Waals surface area contributed by atoms with Gasteiger partial charge in [-0.3, -0.25) is 19.4 Å². The van der Waals surface area contributed by atoms with Gasteiger partial charge < -0.3 is 15.0 Å². The van der Waals surface area contributed by atoms with E-state index in [9.17, 15) is 19.5 Å². The molecule has 0 saturated heterocycles. The minimum atomic E-state index is -1.20. The Hall–Kier alpha value is -3.81. The normalized spacial score (nSPS) is 12.9. The van der Waals surface area contributed by atoms with Crippen molar-refractivity contribution in [3.63, 3.8) is 0 Å². The molecule has 3 rings (SSSR count). The van der Waals surface area contributed by atoms with Gasteiger partial charge in [-0.2, -0.15) is 0 Å². The molecule has 3 aromatic rings. The Labute approximate surface area is 210 Å². The molecule has 8 heteroatoms. The van der Waals surface area contributed by atoms with Crippen molar-refractivity contribution in [2.24, 2.45) is 5.92 Å². The van der Waals surface area contributed by atoms with E-state index < -0.39 is 36.2 Å². The Kier molecular flexibility index (Phi) is 8.40. The van der Waals surface area contributed by atoms with Crippen LogP contribution in [-0.2, 0) is 9.59 Å². The first-order valence-electron chi connectivity index (χ1n) is 11.9. The summed E-state index contributed by atoms with van der Waals surface area (Å²) in [5.74, 6) is -2.39. The Morgan fingerprint density at radius 3 is 2.36 bits per heavy atom. The number of pyridine rings is 2. The molecule has 0 bridgehead atoms. The van der Waals surface area contributed by atoms with E-state index in [-0.39, 0.29) is 17.0 Å². The van der Waals surface area contributed by atoms with Gasteiger partial charge in [-0.05, 0) is 61.9 Å². The highest BCUT2D eigenvalue weighted by Crippen LogP contribution is 2.30. The van der Waals surface area contributed by atoms with E-state index in [1.807, 2.05) is 45.9 Å². The largest absolute Gasteiger partial charge is 0.481 e. The average Bonchev–Trinajstić information content (AvgIpc) is 2.78. The van der Waals surface area contributed by atoms with E-state index in [4.69, 9.17) is 0 Å². The number of amides is 1. The van der Waals surface area contributed by atoms with Crippen LogP contribution in [0.4, 0.5) is 4.39 Å². The van der Waals surface area contributed by atoms with Gasteiger partial charge in [0, 0.05) is 23.4 Å². The number of aryl methyl sites for hydroxylation is 3. The summed E-state index contributed by atoms with van der Waals surface area (Å²) in [7, 11) is 0. The quantitative estimate of drug-likeness (QED) is 0.442. The standard InChI is InChI=1S/C28H32FN3O4/c1-16(2)11-24(32-10-9-17(3)12-25(32)33)28(36)31-22(14-26(34)35)20-13-23(30-15-21(20)29)27-18(4)7-6-8-19(27)5/h6-10,12-13,15-16,22,24H,11,14H2,1-5H3,(H,31,36)(H,34,35). The Morgan fingerprint density at radius 2 is 1.78 bits per heavy atom. The zero-order valence-corrected chi connectivity index (χ0v) is 21.2. The Morgan fingerprint density at radius 1 is 1.11 bits per heavy atom. The highest BCUT2D eigenvalue weighted by atomic mass is 19.1. The first kappa shape index (κ1) is 26.8. The van der Waals surface area contributed by atoms with Gasteiger partial charge in [-0.1, -0.05) is 32.0 Å². The highest BCUT2D eigenvalue weighted by molar-refractivity contribution is 5.82. The van der Waals surface area contributed by atoms with E-state index in [1.54, 1.807) is 19.2 Å². The van der Waals surface area contributed by atoms with Gasteiger partial charge in [0.1, 0.15) is 11.9 Å². The third kappa shape index (κ3) is 6.24. The van der Waals surface area contributed by atoms with Gasteiger partial charge in [0.25, 0.3) is 5.56 Å². The predicted octanol–water partition coefficient (Wildman–Crippen LogP) is 4.89. The number of aromatic nitrogens is 2. The van der Waals surface area contributed by atoms with Gasteiger partial charge in [-0.25, -0.2) is 4.39 Å². The second kappa shape index (κ2) is 11.3. The van der Waals surface area contributed by atoms with Crippen molar-refractivity contribution in [2.75, 3.05) is 0 Å². The first-order chi connectivity index (χ1) is 17.0. The van der Waals surface area contributed by atoms with Crippen LogP contribution in [0, 0.1) is 32.5 Å². The first-order valence-corrected chi connectivity index (χ1v) is 11.9. The molecule has 0 aliphatic rings. The Balaban J connectivity index is 2.04.